The molecule has 2 nitrogen and oxygen atoms in total. The zero-order valence-corrected chi connectivity index (χ0v) is 11.5. The van der Waals surface area contributed by atoms with Crippen molar-refractivity contribution < 1.29 is 5.11 Å². The van der Waals surface area contributed by atoms with Crippen LogP contribution in [0.5, 0.6) is 0 Å². The summed E-state index contributed by atoms with van der Waals surface area (Å²) in [6.07, 6.45) is 7.56. The van der Waals surface area contributed by atoms with Gasteiger partial charge in [-0.3, -0.25) is 4.90 Å². The van der Waals surface area contributed by atoms with Crippen LogP contribution in [-0.4, -0.2) is 41.5 Å². The van der Waals surface area contributed by atoms with E-state index in [1.807, 2.05) is 0 Å². The molecule has 0 amide bonds. The molecule has 1 fully saturated rings. The minimum Gasteiger partial charge on any atom is -0.395 e. The van der Waals surface area contributed by atoms with Gasteiger partial charge in [0.1, 0.15) is 0 Å². The van der Waals surface area contributed by atoms with E-state index >= 15 is 0 Å². The summed E-state index contributed by atoms with van der Waals surface area (Å²) in [4.78, 5) is 2.50. The second kappa shape index (κ2) is 8.37. The Morgan fingerprint density at radius 2 is 2.12 bits per heavy atom. The lowest BCUT2D eigenvalue weighted by atomic mass is 10.0. The average Bonchev–Trinajstić information content (AvgIpc) is 2.51. The number of hydrogen-bond acceptors (Lipinski definition) is 3. The molecule has 1 aliphatic rings. The Morgan fingerprint density at radius 3 is 2.81 bits per heavy atom. The third kappa shape index (κ3) is 5.07. The number of likely N-dealkylation sites (tertiary alicyclic amines) is 1. The maximum atomic E-state index is 9.40. The minimum atomic E-state index is 0.334. The molecule has 0 aromatic rings. The van der Waals surface area contributed by atoms with Gasteiger partial charge in [0.15, 0.2) is 0 Å². The molecule has 0 bridgehead atoms. The van der Waals surface area contributed by atoms with E-state index in [1.54, 1.807) is 0 Å². The van der Waals surface area contributed by atoms with Gasteiger partial charge in [-0.1, -0.05) is 19.8 Å². The summed E-state index contributed by atoms with van der Waals surface area (Å²) in [6.45, 7) is 4.97. The Labute approximate surface area is 106 Å². The Kier molecular flexibility index (Phi) is 7.50. The molecule has 1 aliphatic heterocycles. The van der Waals surface area contributed by atoms with Crippen molar-refractivity contribution in [2.24, 2.45) is 5.92 Å². The first kappa shape index (κ1) is 14.3. The number of nitrogens with zero attached hydrogens (tertiary/aromatic N) is 1. The third-order valence-electron chi connectivity index (χ3n) is 3.74. The van der Waals surface area contributed by atoms with Gasteiger partial charge in [-0.25, -0.2) is 0 Å². The van der Waals surface area contributed by atoms with E-state index in [0.717, 1.165) is 18.2 Å². The van der Waals surface area contributed by atoms with Crippen LogP contribution in [0.4, 0.5) is 0 Å². The summed E-state index contributed by atoms with van der Waals surface area (Å²) in [7, 11) is 0. The predicted molar refractivity (Wildman–Crippen MR) is 73.2 cm³/mol. The van der Waals surface area contributed by atoms with Gasteiger partial charge >= 0.3 is 0 Å². The van der Waals surface area contributed by atoms with Gasteiger partial charge in [-0.05, 0) is 50.4 Å². The van der Waals surface area contributed by atoms with Crippen LogP contribution in [0.3, 0.4) is 0 Å². The molecule has 16 heavy (non-hydrogen) atoms. The molecular formula is C13H27NOS. The number of hydrogen-bond donors (Lipinski definition) is 2. The van der Waals surface area contributed by atoms with Crippen molar-refractivity contribution in [3.63, 3.8) is 0 Å². The highest BCUT2D eigenvalue weighted by Gasteiger charge is 2.20. The summed E-state index contributed by atoms with van der Waals surface area (Å²) in [6, 6.07) is 0.422. The summed E-state index contributed by atoms with van der Waals surface area (Å²) in [5, 5.41) is 9.40. The number of aliphatic hydroxyl groups excluding tert-OH is 1. The first-order valence-corrected chi connectivity index (χ1v) is 7.37. The molecule has 0 aliphatic carbocycles. The lowest BCUT2D eigenvalue weighted by molar-refractivity contribution is 0.119. The average molecular weight is 245 g/mol. The van der Waals surface area contributed by atoms with Crippen molar-refractivity contribution in [1.29, 1.82) is 0 Å². The topological polar surface area (TPSA) is 23.5 Å². The van der Waals surface area contributed by atoms with Crippen LogP contribution in [0.1, 0.15) is 45.4 Å². The van der Waals surface area contributed by atoms with Crippen molar-refractivity contribution in [2.45, 2.75) is 51.5 Å². The third-order valence-corrected chi connectivity index (χ3v) is 4.00. The van der Waals surface area contributed by atoms with E-state index < -0.39 is 0 Å². The van der Waals surface area contributed by atoms with Crippen LogP contribution in [0, 0.1) is 5.92 Å². The fourth-order valence-corrected chi connectivity index (χ4v) is 2.93. The molecule has 0 aromatic heterocycles. The molecule has 0 spiro atoms. The summed E-state index contributed by atoms with van der Waals surface area (Å²) >= 11 is 4.28. The monoisotopic (exact) mass is 245 g/mol. The smallest absolute Gasteiger partial charge is 0.0586 e. The molecule has 1 heterocycles. The Morgan fingerprint density at radius 1 is 1.31 bits per heavy atom. The van der Waals surface area contributed by atoms with Gasteiger partial charge in [0, 0.05) is 6.04 Å². The molecule has 0 radical (unpaired) electrons. The van der Waals surface area contributed by atoms with Crippen molar-refractivity contribution in [3.05, 3.63) is 0 Å². The van der Waals surface area contributed by atoms with E-state index in [1.165, 1.54) is 45.1 Å². The van der Waals surface area contributed by atoms with E-state index in [-0.39, 0.29) is 0 Å². The molecule has 2 atom stereocenters. The molecule has 3 heteroatoms. The SMILES string of the molecule is CC(CCS)CCN1CCCCCC1CO. The summed E-state index contributed by atoms with van der Waals surface area (Å²) < 4.78 is 0. The molecule has 1 saturated heterocycles. The molecule has 1 rings (SSSR count). The largest absolute Gasteiger partial charge is 0.395 e. The molecule has 0 aromatic carbocycles. The van der Waals surface area contributed by atoms with Crippen LogP contribution in [0.25, 0.3) is 0 Å². The highest BCUT2D eigenvalue weighted by atomic mass is 32.1. The Balaban J connectivity index is 2.30. The molecule has 2 unspecified atom stereocenters. The number of aliphatic hydroxyl groups is 1. The van der Waals surface area contributed by atoms with Gasteiger partial charge in [0.05, 0.1) is 6.61 Å². The lowest BCUT2D eigenvalue weighted by Crippen LogP contribution is -2.38. The lowest BCUT2D eigenvalue weighted by Gasteiger charge is -2.29. The molecular weight excluding hydrogens is 218 g/mol. The van der Waals surface area contributed by atoms with Crippen LogP contribution < -0.4 is 0 Å². The van der Waals surface area contributed by atoms with Gasteiger partial charge in [0.2, 0.25) is 0 Å². The van der Waals surface area contributed by atoms with Gasteiger partial charge in [-0.2, -0.15) is 12.6 Å². The van der Waals surface area contributed by atoms with Crippen molar-refractivity contribution in [1.82, 2.24) is 4.90 Å². The normalized spacial score (nSPS) is 25.3. The molecule has 1 N–H and O–H groups in total. The van der Waals surface area contributed by atoms with E-state index in [9.17, 15) is 5.11 Å². The predicted octanol–water partition coefficient (Wildman–Crippen LogP) is 2.57. The zero-order chi connectivity index (χ0) is 11.8. The van der Waals surface area contributed by atoms with E-state index in [0.29, 0.717) is 12.6 Å². The Hall–Kier alpha value is 0.270. The second-order valence-corrected chi connectivity index (χ2v) is 5.58. The van der Waals surface area contributed by atoms with Gasteiger partial charge < -0.3 is 5.11 Å². The van der Waals surface area contributed by atoms with E-state index in [4.69, 9.17) is 0 Å². The standard InChI is InChI=1S/C13H27NOS/c1-12(7-10-16)6-9-14-8-4-2-3-5-13(14)11-15/h12-13,15-16H,2-11H2,1H3. The van der Waals surface area contributed by atoms with Gasteiger partial charge in [-0.15, -0.1) is 0 Å². The first-order valence-electron chi connectivity index (χ1n) is 6.73. The highest BCUT2D eigenvalue weighted by molar-refractivity contribution is 7.80. The minimum absolute atomic E-state index is 0.334. The van der Waals surface area contributed by atoms with Crippen LogP contribution in [0.15, 0.2) is 0 Å². The van der Waals surface area contributed by atoms with Crippen molar-refractivity contribution in [3.8, 4) is 0 Å². The van der Waals surface area contributed by atoms with Crippen molar-refractivity contribution in [2.75, 3.05) is 25.4 Å². The molecule has 96 valence electrons. The number of rotatable bonds is 6. The fraction of sp³-hybridized carbons (Fsp3) is 1.00. The highest BCUT2D eigenvalue weighted by Crippen LogP contribution is 2.18. The fourth-order valence-electron chi connectivity index (χ4n) is 2.49. The van der Waals surface area contributed by atoms with Gasteiger partial charge in [0.25, 0.3) is 0 Å². The second-order valence-electron chi connectivity index (χ2n) is 5.13. The Bertz CT molecular complexity index is 177. The maximum Gasteiger partial charge on any atom is 0.0586 e. The van der Waals surface area contributed by atoms with Crippen LogP contribution in [-0.2, 0) is 0 Å². The number of thiol groups is 1. The van der Waals surface area contributed by atoms with E-state index in [2.05, 4.69) is 24.5 Å². The van der Waals surface area contributed by atoms with Crippen LogP contribution in [0.2, 0.25) is 0 Å². The first-order chi connectivity index (χ1) is 7.77. The summed E-state index contributed by atoms with van der Waals surface area (Å²) in [5.41, 5.74) is 0. The molecule has 0 saturated carbocycles. The van der Waals surface area contributed by atoms with Crippen molar-refractivity contribution >= 4 is 12.6 Å². The van der Waals surface area contributed by atoms with Crippen LogP contribution >= 0.6 is 12.6 Å². The zero-order valence-electron chi connectivity index (χ0n) is 10.6. The maximum absolute atomic E-state index is 9.40. The quantitative estimate of drug-likeness (QED) is 0.703. The summed E-state index contributed by atoms with van der Waals surface area (Å²) in [5.74, 6) is 1.75.